The molecule has 2 rings (SSSR count). The molecule has 2 amide bonds. The fourth-order valence-corrected chi connectivity index (χ4v) is 1.96. The predicted molar refractivity (Wildman–Crippen MR) is 88.1 cm³/mol. The number of amides is 2. The summed E-state index contributed by atoms with van der Waals surface area (Å²) in [5.41, 5.74) is 1.23. The van der Waals surface area contributed by atoms with Gasteiger partial charge >= 0.3 is 0 Å². The van der Waals surface area contributed by atoms with Crippen molar-refractivity contribution in [3.8, 4) is 0 Å². The second-order valence-electron chi connectivity index (χ2n) is 5.06. The monoisotopic (exact) mass is 315 g/mol. The van der Waals surface area contributed by atoms with Crippen molar-refractivity contribution in [2.45, 2.75) is 19.9 Å². The largest absolute Gasteiger partial charge is 0.468 e. The van der Waals surface area contributed by atoms with Gasteiger partial charge in [0.15, 0.2) is 0 Å². The van der Waals surface area contributed by atoms with Crippen LogP contribution in [0.5, 0.6) is 0 Å². The smallest absolute Gasteiger partial charge is 0.251 e. The van der Waals surface area contributed by atoms with E-state index in [0.29, 0.717) is 24.3 Å². The summed E-state index contributed by atoms with van der Waals surface area (Å²) in [7, 11) is 0. The molecule has 122 valence electrons. The predicted octanol–water partition coefficient (Wildman–Crippen LogP) is 2.15. The summed E-state index contributed by atoms with van der Waals surface area (Å²) < 4.78 is 5.17. The first-order valence-electron chi connectivity index (χ1n) is 7.60. The summed E-state index contributed by atoms with van der Waals surface area (Å²) >= 11 is 0. The summed E-state index contributed by atoms with van der Waals surface area (Å²) in [5.74, 6) is 0.518. The van der Waals surface area contributed by atoms with Gasteiger partial charge < -0.3 is 20.4 Å². The van der Waals surface area contributed by atoms with Gasteiger partial charge in [-0.15, -0.1) is 0 Å². The molecule has 0 spiro atoms. The Bertz CT molecular complexity index is 621. The number of carbonyl (C=O) groups excluding carboxylic acids is 2. The second kappa shape index (κ2) is 8.75. The van der Waals surface area contributed by atoms with E-state index < -0.39 is 0 Å². The number of rotatable bonds is 8. The van der Waals surface area contributed by atoms with Crippen molar-refractivity contribution in [1.29, 1.82) is 0 Å². The summed E-state index contributed by atoms with van der Waals surface area (Å²) in [6.07, 6.45) is 2.49. The number of furan rings is 1. The second-order valence-corrected chi connectivity index (χ2v) is 5.06. The van der Waals surface area contributed by atoms with E-state index >= 15 is 0 Å². The molecule has 0 aliphatic carbocycles. The van der Waals surface area contributed by atoms with Crippen molar-refractivity contribution in [3.05, 3.63) is 54.0 Å². The highest BCUT2D eigenvalue weighted by atomic mass is 16.3. The molecule has 1 aromatic heterocycles. The standard InChI is InChI=1S/C17H21N3O3/c1-2-9-19-17(22)13-5-7-14(8-6-13)20-16(21)12-18-11-15-4-3-10-23-15/h3-8,10,18H,2,9,11-12H2,1H3,(H,19,22)(H,20,21). The lowest BCUT2D eigenvalue weighted by Crippen LogP contribution is -2.27. The van der Waals surface area contributed by atoms with E-state index in [0.717, 1.165) is 12.2 Å². The Morgan fingerprint density at radius 1 is 1.13 bits per heavy atom. The first-order valence-corrected chi connectivity index (χ1v) is 7.60. The van der Waals surface area contributed by atoms with Gasteiger partial charge in [-0.2, -0.15) is 0 Å². The highest BCUT2D eigenvalue weighted by Gasteiger charge is 2.06. The molecule has 0 aliphatic rings. The molecule has 1 aromatic carbocycles. The van der Waals surface area contributed by atoms with Crippen LogP contribution in [0.2, 0.25) is 0 Å². The van der Waals surface area contributed by atoms with Gasteiger partial charge in [-0.3, -0.25) is 9.59 Å². The molecule has 0 bridgehead atoms. The molecule has 0 aliphatic heterocycles. The molecule has 6 nitrogen and oxygen atoms in total. The molecular formula is C17H21N3O3. The Hall–Kier alpha value is -2.60. The topological polar surface area (TPSA) is 83.4 Å². The van der Waals surface area contributed by atoms with Crippen LogP contribution in [0.15, 0.2) is 47.1 Å². The molecule has 2 aromatic rings. The van der Waals surface area contributed by atoms with Gasteiger partial charge in [0.1, 0.15) is 5.76 Å². The fourth-order valence-electron chi connectivity index (χ4n) is 1.96. The number of benzene rings is 1. The van der Waals surface area contributed by atoms with Gasteiger partial charge in [-0.05, 0) is 42.8 Å². The number of anilines is 1. The SMILES string of the molecule is CCCNC(=O)c1ccc(NC(=O)CNCc2ccco2)cc1. The molecule has 0 saturated carbocycles. The van der Waals surface area contributed by atoms with Gasteiger partial charge in [0, 0.05) is 17.8 Å². The normalized spacial score (nSPS) is 10.3. The number of hydrogen-bond acceptors (Lipinski definition) is 4. The van der Waals surface area contributed by atoms with Crippen molar-refractivity contribution < 1.29 is 14.0 Å². The minimum Gasteiger partial charge on any atom is -0.468 e. The highest BCUT2D eigenvalue weighted by molar-refractivity contribution is 5.96. The summed E-state index contributed by atoms with van der Waals surface area (Å²) in [4.78, 5) is 23.6. The Balaban J connectivity index is 1.76. The van der Waals surface area contributed by atoms with E-state index in [1.807, 2.05) is 13.0 Å². The third kappa shape index (κ3) is 5.60. The molecular weight excluding hydrogens is 294 g/mol. The quantitative estimate of drug-likeness (QED) is 0.697. The fraction of sp³-hybridized carbons (Fsp3) is 0.294. The maximum atomic E-state index is 11.8. The summed E-state index contributed by atoms with van der Waals surface area (Å²) in [6, 6.07) is 10.5. The molecule has 0 radical (unpaired) electrons. The Morgan fingerprint density at radius 3 is 2.57 bits per heavy atom. The lowest BCUT2D eigenvalue weighted by atomic mass is 10.2. The van der Waals surface area contributed by atoms with Crippen molar-refractivity contribution in [2.75, 3.05) is 18.4 Å². The van der Waals surface area contributed by atoms with Gasteiger partial charge in [0.2, 0.25) is 5.91 Å². The minimum atomic E-state index is -0.153. The van der Waals surface area contributed by atoms with Crippen molar-refractivity contribution in [2.24, 2.45) is 0 Å². The molecule has 0 atom stereocenters. The number of nitrogens with one attached hydrogen (secondary N) is 3. The summed E-state index contributed by atoms with van der Waals surface area (Å²) in [6.45, 7) is 3.33. The van der Waals surface area contributed by atoms with Crippen LogP contribution in [-0.2, 0) is 11.3 Å². The third-order valence-electron chi connectivity index (χ3n) is 3.13. The van der Waals surface area contributed by atoms with Crippen LogP contribution < -0.4 is 16.0 Å². The first-order chi connectivity index (χ1) is 11.2. The van der Waals surface area contributed by atoms with Crippen LogP contribution >= 0.6 is 0 Å². The molecule has 0 saturated heterocycles. The first kappa shape index (κ1) is 16.8. The zero-order valence-corrected chi connectivity index (χ0v) is 13.1. The average Bonchev–Trinajstić information content (AvgIpc) is 3.06. The van der Waals surface area contributed by atoms with E-state index in [4.69, 9.17) is 4.42 Å². The van der Waals surface area contributed by atoms with Gasteiger partial charge in [0.05, 0.1) is 19.4 Å². The molecule has 6 heteroatoms. The summed E-state index contributed by atoms with van der Waals surface area (Å²) in [5, 5.41) is 8.56. The molecule has 1 heterocycles. The van der Waals surface area contributed by atoms with E-state index in [2.05, 4.69) is 16.0 Å². The lowest BCUT2D eigenvalue weighted by molar-refractivity contribution is -0.115. The van der Waals surface area contributed by atoms with Crippen molar-refractivity contribution in [1.82, 2.24) is 10.6 Å². The maximum absolute atomic E-state index is 11.8. The lowest BCUT2D eigenvalue weighted by Gasteiger charge is -2.07. The van der Waals surface area contributed by atoms with E-state index in [-0.39, 0.29) is 18.4 Å². The van der Waals surface area contributed by atoms with Crippen molar-refractivity contribution in [3.63, 3.8) is 0 Å². The zero-order valence-electron chi connectivity index (χ0n) is 13.1. The Morgan fingerprint density at radius 2 is 1.91 bits per heavy atom. The van der Waals surface area contributed by atoms with Gasteiger partial charge in [-0.25, -0.2) is 0 Å². The minimum absolute atomic E-state index is 0.107. The Labute approximate surface area is 135 Å². The average molecular weight is 315 g/mol. The van der Waals surface area contributed by atoms with Crippen LogP contribution in [-0.4, -0.2) is 24.9 Å². The van der Waals surface area contributed by atoms with Crippen molar-refractivity contribution >= 4 is 17.5 Å². The van der Waals surface area contributed by atoms with Crippen LogP contribution in [0.3, 0.4) is 0 Å². The van der Waals surface area contributed by atoms with Crippen LogP contribution in [0.4, 0.5) is 5.69 Å². The maximum Gasteiger partial charge on any atom is 0.251 e. The van der Waals surface area contributed by atoms with E-state index in [1.165, 1.54) is 0 Å². The third-order valence-corrected chi connectivity index (χ3v) is 3.13. The molecule has 0 fully saturated rings. The molecule has 3 N–H and O–H groups in total. The van der Waals surface area contributed by atoms with Crippen LogP contribution in [0.1, 0.15) is 29.5 Å². The molecule has 0 unspecified atom stereocenters. The van der Waals surface area contributed by atoms with Crippen LogP contribution in [0, 0.1) is 0 Å². The van der Waals surface area contributed by atoms with Gasteiger partial charge in [-0.1, -0.05) is 6.92 Å². The van der Waals surface area contributed by atoms with Crippen LogP contribution in [0.25, 0.3) is 0 Å². The Kier molecular flexibility index (Phi) is 6.38. The number of hydrogen-bond donors (Lipinski definition) is 3. The highest BCUT2D eigenvalue weighted by Crippen LogP contribution is 2.09. The number of carbonyl (C=O) groups is 2. The zero-order chi connectivity index (χ0) is 16.5. The van der Waals surface area contributed by atoms with Gasteiger partial charge in [0.25, 0.3) is 5.91 Å². The van der Waals surface area contributed by atoms with E-state index in [9.17, 15) is 9.59 Å². The molecule has 23 heavy (non-hydrogen) atoms. The van der Waals surface area contributed by atoms with E-state index in [1.54, 1.807) is 36.6 Å².